The van der Waals surface area contributed by atoms with Crippen LogP contribution in [0, 0.1) is 0 Å². The van der Waals surface area contributed by atoms with Gasteiger partial charge in [0.15, 0.2) is 5.69 Å². The number of nitrogens with zero attached hydrogens (tertiary/aromatic N) is 3. The van der Waals surface area contributed by atoms with E-state index < -0.39 is 5.97 Å². The van der Waals surface area contributed by atoms with Gasteiger partial charge in [-0.3, -0.25) is 4.79 Å². The van der Waals surface area contributed by atoms with Gasteiger partial charge < -0.3 is 10.4 Å². The van der Waals surface area contributed by atoms with Crippen molar-refractivity contribution in [2.45, 2.75) is 19.9 Å². The third-order valence-corrected chi connectivity index (χ3v) is 3.04. The molecule has 18 heavy (non-hydrogen) atoms. The molecule has 0 bridgehead atoms. The second-order valence-corrected chi connectivity index (χ2v) is 4.90. The van der Waals surface area contributed by atoms with Crippen LogP contribution in [-0.2, 0) is 11.3 Å². The third kappa shape index (κ3) is 5.17. The molecule has 1 amide bonds. The molecule has 0 saturated carbocycles. The Hall–Kier alpha value is -1.57. The summed E-state index contributed by atoms with van der Waals surface area (Å²) in [5.41, 5.74) is -0.165. The van der Waals surface area contributed by atoms with Gasteiger partial charge in [0.05, 0.1) is 6.20 Å². The minimum atomic E-state index is -1.15. The molecule has 0 unspecified atom stereocenters. The number of thioether (sulfide) groups is 1. The average Bonchev–Trinajstić information content (AvgIpc) is 2.77. The van der Waals surface area contributed by atoms with Crippen molar-refractivity contribution in [3.63, 3.8) is 0 Å². The predicted octanol–water partition coefficient (Wildman–Crippen LogP) is 0.236. The lowest BCUT2D eigenvalue weighted by molar-refractivity contribution is -0.121. The molecule has 7 nitrogen and oxygen atoms in total. The highest BCUT2D eigenvalue weighted by molar-refractivity contribution is 7.99. The number of carboxylic acid groups (broad SMARTS) is 1. The summed E-state index contributed by atoms with van der Waals surface area (Å²) in [7, 11) is 0. The number of carbonyl (C=O) groups excluding carboxylic acids is 1. The van der Waals surface area contributed by atoms with Crippen LogP contribution < -0.4 is 5.32 Å². The second-order valence-electron chi connectivity index (χ2n) is 3.51. The molecule has 0 aliphatic heterocycles. The zero-order valence-corrected chi connectivity index (χ0v) is 10.9. The van der Waals surface area contributed by atoms with Gasteiger partial charge in [-0.1, -0.05) is 12.1 Å². The van der Waals surface area contributed by atoms with E-state index in [4.69, 9.17) is 5.11 Å². The maximum atomic E-state index is 11.5. The number of carboxylic acids is 1. The van der Waals surface area contributed by atoms with Crippen LogP contribution >= 0.6 is 11.8 Å². The molecule has 0 radical (unpaired) electrons. The van der Waals surface area contributed by atoms with E-state index in [2.05, 4.69) is 22.6 Å². The summed E-state index contributed by atoms with van der Waals surface area (Å²) in [6.45, 7) is 2.70. The van der Waals surface area contributed by atoms with E-state index >= 15 is 0 Å². The van der Waals surface area contributed by atoms with Gasteiger partial charge in [-0.15, -0.1) is 5.10 Å². The molecule has 0 atom stereocenters. The molecule has 0 aliphatic rings. The number of aromatic carboxylic acids is 1. The van der Waals surface area contributed by atoms with E-state index in [1.165, 1.54) is 10.9 Å². The van der Waals surface area contributed by atoms with Gasteiger partial charge in [0, 0.05) is 6.54 Å². The number of carbonyl (C=O) groups is 2. The van der Waals surface area contributed by atoms with Crippen LogP contribution in [-0.4, -0.2) is 50.0 Å². The first kappa shape index (κ1) is 14.5. The highest BCUT2D eigenvalue weighted by Gasteiger charge is 2.10. The number of aromatic nitrogens is 3. The average molecular weight is 272 g/mol. The van der Waals surface area contributed by atoms with E-state index in [0.29, 0.717) is 6.54 Å². The number of nitrogens with one attached hydrogen (secondary N) is 1. The Bertz CT molecular complexity index is 408. The molecule has 1 aromatic heterocycles. The van der Waals surface area contributed by atoms with Gasteiger partial charge >= 0.3 is 5.97 Å². The third-order valence-electron chi connectivity index (χ3n) is 2.06. The molecule has 100 valence electrons. The maximum absolute atomic E-state index is 11.5. The van der Waals surface area contributed by atoms with E-state index in [9.17, 15) is 9.59 Å². The first-order chi connectivity index (χ1) is 8.63. The first-order valence-corrected chi connectivity index (χ1v) is 6.76. The maximum Gasteiger partial charge on any atom is 0.358 e. The van der Waals surface area contributed by atoms with Gasteiger partial charge in [-0.25, -0.2) is 9.48 Å². The molecule has 1 heterocycles. The summed E-state index contributed by atoms with van der Waals surface area (Å²) in [5, 5.41) is 18.4. The van der Waals surface area contributed by atoms with Gasteiger partial charge in [-0.05, 0) is 17.9 Å². The SMILES string of the molecule is CCSCCCNC(=O)Cn1cc(C(=O)O)nn1. The van der Waals surface area contributed by atoms with Crippen molar-refractivity contribution < 1.29 is 14.7 Å². The van der Waals surface area contributed by atoms with Crippen molar-refractivity contribution in [3.05, 3.63) is 11.9 Å². The van der Waals surface area contributed by atoms with E-state index in [0.717, 1.165) is 17.9 Å². The van der Waals surface area contributed by atoms with E-state index in [-0.39, 0.29) is 18.1 Å². The quantitative estimate of drug-likeness (QED) is 0.658. The smallest absolute Gasteiger partial charge is 0.358 e. The number of rotatable bonds is 8. The van der Waals surface area contributed by atoms with Crippen LogP contribution in [0.2, 0.25) is 0 Å². The lowest BCUT2D eigenvalue weighted by Gasteiger charge is -2.04. The molecule has 1 rings (SSSR count). The van der Waals surface area contributed by atoms with Gasteiger partial charge in [0.25, 0.3) is 0 Å². The van der Waals surface area contributed by atoms with Gasteiger partial charge in [0.2, 0.25) is 5.91 Å². The fourth-order valence-corrected chi connectivity index (χ4v) is 1.86. The molecule has 0 spiro atoms. The molecule has 0 saturated heterocycles. The van der Waals surface area contributed by atoms with E-state index in [1.807, 2.05) is 11.8 Å². The molecule has 0 aromatic carbocycles. The zero-order chi connectivity index (χ0) is 13.4. The summed E-state index contributed by atoms with van der Waals surface area (Å²) in [6.07, 6.45) is 2.15. The van der Waals surface area contributed by atoms with Crippen molar-refractivity contribution in [2.75, 3.05) is 18.1 Å². The largest absolute Gasteiger partial charge is 0.476 e. The Morgan fingerprint density at radius 2 is 2.33 bits per heavy atom. The number of hydrogen-bond acceptors (Lipinski definition) is 5. The summed E-state index contributed by atoms with van der Waals surface area (Å²) in [5.74, 6) is 0.741. The van der Waals surface area contributed by atoms with Crippen molar-refractivity contribution in [1.29, 1.82) is 0 Å². The van der Waals surface area contributed by atoms with Crippen LogP contribution in [0.4, 0.5) is 0 Å². The van der Waals surface area contributed by atoms with Crippen molar-refractivity contribution in [2.24, 2.45) is 0 Å². The van der Waals surface area contributed by atoms with Crippen molar-refractivity contribution in [1.82, 2.24) is 20.3 Å². The Kier molecular flexibility index (Phi) is 6.20. The van der Waals surface area contributed by atoms with Crippen LogP contribution in [0.25, 0.3) is 0 Å². The van der Waals surface area contributed by atoms with Crippen LogP contribution in [0.3, 0.4) is 0 Å². The molecule has 0 fully saturated rings. The number of hydrogen-bond donors (Lipinski definition) is 2. The minimum absolute atomic E-state index is 0.0127. The second kappa shape index (κ2) is 7.70. The highest BCUT2D eigenvalue weighted by atomic mass is 32.2. The zero-order valence-electron chi connectivity index (χ0n) is 10.1. The lowest BCUT2D eigenvalue weighted by Crippen LogP contribution is -2.28. The van der Waals surface area contributed by atoms with E-state index in [1.54, 1.807) is 0 Å². The Labute approximate surface area is 109 Å². The fourth-order valence-electron chi connectivity index (χ4n) is 1.22. The van der Waals surface area contributed by atoms with Crippen LogP contribution in [0.1, 0.15) is 23.8 Å². The molecular formula is C10H16N4O3S. The van der Waals surface area contributed by atoms with Crippen molar-refractivity contribution in [3.8, 4) is 0 Å². The molecule has 1 aromatic rings. The molecule has 8 heteroatoms. The Morgan fingerprint density at radius 3 is 2.94 bits per heavy atom. The lowest BCUT2D eigenvalue weighted by atomic mass is 10.4. The summed E-state index contributed by atoms with van der Waals surface area (Å²) < 4.78 is 1.21. The fraction of sp³-hybridized carbons (Fsp3) is 0.600. The Morgan fingerprint density at radius 1 is 1.56 bits per heavy atom. The molecular weight excluding hydrogens is 256 g/mol. The highest BCUT2D eigenvalue weighted by Crippen LogP contribution is 1.99. The summed E-state index contributed by atoms with van der Waals surface area (Å²) in [6, 6.07) is 0. The van der Waals surface area contributed by atoms with Crippen LogP contribution in [0.15, 0.2) is 6.20 Å². The normalized spacial score (nSPS) is 10.3. The summed E-state index contributed by atoms with van der Waals surface area (Å²) >= 11 is 1.83. The van der Waals surface area contributed by atoms with Crippen molar-refractivity contribution >= 4 is 23.6 Å². The van der Waals surface area contributed by atoms with Crippen LogP contribution in [0.5, 0.6) is 0 Å². The topological polar surface area (TPSA) is 97.1 Å². The monoisotopic (exact) mass is 272 g/mol. The number of amides is 1. The standard InChI is InChI=1S/C10H16N4O3S/c1-2-18-5-3-4-11-9(15)7-14-6-8(10(16)17)12-13-14/h6H,2-5,7H2,1H3,(H,11,15)(H,16,17). The minimum Gasteiger partial charge on any atom is -0.476 e. The predicted molar refractivity (Wildman–Crippen MR) is 67.6 cm³/mol. The first-order valence-electron chi connectivity index (χ1n) is 5.61. The van der Waals surface area contributed by atoms with Gasteiger partial charge in [-0.2, -0.15) is 11.8 Å². The summed E-state index contributed by atoms with van der Waals surface area (Å²) in [4.78, 5) is 22.0. The van der Waals surface area contributed by atoms with Gasteiger partial charge in [0.1, 0.15) is 6.54 Å². The molecule has 0 aliphatic carbocycles. The molecule has 2 N–H and O–H groups in total. The Balaban J connectivity index is 2.24.